The van der Waals surface area contributed by atoms with Crippen molar-refractivity contribution < 1.29 is 14.3 Å². The predicted octanol–water partition coefficient (Wildman–Crippen LogP) is 6.61. The van der Waals surface area contributed by atoms with Gasteiger partial charge in [0.15, 0.2) is 0 Å². The molecule has 1 atom stereocenters. The normalized spacial score (nSPS) is 11.6. The molecule has 192 valence electrons. The SMILES string of the molecule is COC(=O)C(CC=Cc1ccc(N(C(C)=C(C)C)c2ncccn2)cc1)NC(=O)c1c(Cl)cccc1Cl. The summed E-state index contributed by atoms with van der Waals surface area (Å²) in [5.41, 5.74) is 4.11. The minimum atomic E-state index is -0.911. The van der Waals surface area contributed by atoms with Gasteiger partial charge in [0.1, 0.15) is 6.04 Å². The molecule has 37 heavy (non-hydrogen) atoms. The van der Waals surface area contributed by atoms with Gasteiger partial charge in [-0.25, -0.2) is 14.8 Å². The zero-order valence-corrected chi connectivity index (χ0v) is 22.5. The molecule has 1 amide bonds. The summed E-state index contributed by atoms with van der Waals surface area (Å²) >= 11 is 12.3. The van der Waals surface area contributed by atoms with Crippen molar-refractivity contribution in [3.8, 4) is 0 Å². The molecular weight excluding hydrogens is 511 g/mol. The number of allylic oxidation sites excluding steroid dienone is 2. The fourth-order valence-electron chi connectivity index (χ4n) is 3.47. The van der Waals surface area contributed by atoms with Gasteiger partial charge in [-0.2, -0.15) is 0 Å². The van der Waals surface area contributed by atoms with E-state index >= 15 is 0 Å². The molecule has 1 heterocycles. The van der Waals surface area contributed by atoms with E-state index < -0.39 is 17.9 Å². The molecule has 9 heteroatoms. The van der Waals surface area contributed by atoms with E-state index in [-0.39, 0.29) is 22.0 Å². The maximum Gasteiger partial charge on any atom is 0.328 e. The van der Waals surface area contributed by atoms with Crippen molar-refractivity contribution in [2.45, 2.75) is 33.2 Å². The number of halogens is 2. The molecule has 0 aliphatic rings. The molecule has 3 aromatic rings. The fourth-order valence-corrected chi connectivity index (χ4v) is 4.03. The molecule has 1 unspecified atom stereocenters. The van der Waals surface area contributed by atoms with E-state index in [2.05, 4.69) is 15.3 Å². The van der Waals surface area contributed by atoms with Crippen LogP contribution < -0.4 is 10.2 Å². The first-order valence-corrected chi connectivity index (χ1v) is 12.3. The highest BCUT2D eigenvalue weighted by Crippen LogP contribution is 2.28. The Morgan fingerprint density at radius 1 is 1.00 bits per heavy atom. The van der Waals surface area contributed by atoms with Crippen LogP contribution in [0, 0.1) is 0 Å². The number of esters is 1. The number of anilines is 2. The highest BCUT2D eigenvalue weighted by molar-refractivity contribution is 6.39. The van der Waals surface area contributed by atoms with Crippen molar-refractivity contribution in [1.82, 2.24) is 15.3 Å². The van der Waals surface area contributed by atoms with E-state index in [1.165, 1.54) is 7.11 Å². The van der Waals surface area contributed by atoms with Crippen molar-refractivity contribution in [2.75, 3.05) is 12.0 Å². The lowest BCUT2D eigenvalue weighted by Crippen LogP contribution is -2.41. The lowest BCUT2D eigenvalue weighted by Gasteiger charge is -2.24. The summed E-state index contributed by atoms with van der Waals surface area (Å²) in [6, 6.07) is 13.5. The number of nitrogens with zero attached hydrogens (tertiary/aromatic N) is 3. The monoisotopic (exact) mass is 538 g/mol. The van der Waals surface area contributed by atoms with Gasteiger partial charge in [-0.1, -0.05) is 59.1 Å². The van der Waals surface area contributed by atoms with Gasteiger partial charge in [-0.15, -0.1) is 0 Å². The Labute approximate surface area is 226 Å². The lowest BCUT2D eigenvalue weighted by molar-refractivity contribution is -0.142. The molecule has 0 radical (unpaired) electrons. The molecule has 0 aliphatic carbocycles. The average molecular weight is 539 g/mol. The summed E-state index contributed by atoms with van der Waals surface area (Å²) in [5, 5.41) is 3.05. The summed E-state index contributed by atoms with van der Waals surface area (Å²) in [5.74, 6) is -0.548. The maximum absolute atomic E-state index is 12.7. The van der Waals surface area contributed by atoms with Crippen LogP contribution in [0.3, 0.4) is 0 Å². The molecule has 0 fully saturated rings. The topological polar surface area (TPSA) is 84.4 Å². The van der Waals surface area contributed by atoms with Crippen molar-refractivity contribution in [3.63, 3.8) is 0 Å². The van der Waals surface area contributed by atoms with E-state index in [4.69, 9.17) is 27.9 Å². The molecule has 0 saturated heterocycles. The summed E-state index contributed by atoms with van der Waals surface area (Å²) in [6.07, 6.45) is 7.29. The first-order valence-electron chi connectivity index (χ1n) is 11.5. The number of aromatic nitrogens is 2. The minimum absolute atomic E-state index is 0.109. The Balaban J connectivity index is 1.75. The molecule has 1 aromatic heterocycles. The molecule has 0 spiro atoms. The van der Waals surface area contributed by atoms with Gasteiger partial charge >= 0.3 is 5.97 Å². The van der Waals surface area contributed by atoms with Crippen LogP contribution in [0.5, 0.6) is 0 Å². The molecule has 0 aliphatic heterocycles. The Hall–Kier alpha value is -3.68. The number of rotatable bonds is 9. The van der Waals surface area contributed by atoms with Gasteiger partial charge in [-0.3, -0.25) is 9.69 Å². The number of benzene rings is 2. The largest absolute Gasteiger partial charge is 0.467 e. The van der Waals surface area contributed by atoms with Gasteiger partial charge in [0.05, 0.1) is 22.7 Å². The van der Waals surface area contributed by atoms with Crippen molar-refractivity contribution >= 4 is 52.8 Å². The average Bonchev–Trinajstić information content (AvgIpc) is 2.89. The predicted molar refractivity (Wildman–Crippen MR) is 148 cm³/mol. The number of carbonyl (C=O) groups is 2. The number of hydrogen-bond acceptors (Lipinski definition) is 6. The van der Waals surface area contributed by atoms with Crippen molar-refractivity contribution in [2.24, 2.45) is 0 Å². The maximum atomic E-state index is 12.7. The van der Waals surface area contributed by atoms with E-state index in [1.54, 1.807) is 42.7 Å². The molecule has 3 rings (SSSR count). The molecular formula is C28H28Cl2N4O3. The van der Waals surface area contributed by atoms with Crippen LogP contribution in [0.2, 0.25) is 10.0 Å². The second kappa shape index (κ2) is 13.0. The van der Waals surface area contributed by atoms with Crippen LogP contribution in [0.25, 0.3) is 6.08 Å². The molecule has 0 bridgehead atoms. The van der Waals surface area contributed by atoms with E-state index in [9.17, 15) is 9.59 Å². The molecule has 2 aromatic carbocycles. The number of ether oxygens (including phenoxy) is 1. The van der Waals surface area contributed by atoms with Crippen LogP contribution in [-0.4, -0.2) is 35.0 Å². The van der Waals surface area contributed by atoms with Crippen LogP contribution >= 0.6 is 23.2 Å². The van der Waals surface area contributed by atoms with Crippen molar-refractivity contribution in [3.05, 3.63) is 99.4 Å². The van der Waals surface area contributed by atoms with E-state index in [1.807, 2.05) is 56.0 Å². The Morgan fingerprint density at radius 2 is 1.62 bits per heavy atom. The summed E-state index contributed by atoms with van der Waals surface area (Å²) in [7, 11) is 1.27. The van der Waals surface area contributed by atoms with Gasteiger partial charge in [0, 0.05) is 23.8 Å². The van der Waals surface area contributed by atoms with Gasteiger partial charge in [0.25, 0.3) is 5.91 Å². The Bertz CT molecular complexity index is 1280. The smallest absolute Gasteiger partial charge is 0.328 e. The summed E-state index contributed by atoms with van der Waals surface area (Å²) < 4.78 is 4.86. The van der Waals surface area contributed by atoms with Crippen LogP contribution in [0.4, 0.5) is 11.6 Å². The molecule has 1 N–H and O–H groups in total. The van der Waals surface area contributed by atoms with E-state index in [0.717, 1.165) is 22.5 Å². The van der Waals surface area contributed by atoms with Crippen LogP contribution in [0.15, 0.2) is 78.3 Å². The molecule has 7 nitrogen and oxygen atoms in total. The quantitative estimate of drug-likeness (QED) is 0.308. The third kappa shape index (κ3) is 7.18. The lowest BCUT2D eigenvalue weighted by atomic mass is 10.1. The second-order valence-corrected chi connectivity index (χ2v) is 9.16. The number of nitrogens with one attached hydrogen (secondary N) is 1. The zero-order valence-electron chi connectivity index (χ0n) is 21.0. The first-order chi connectivity index (χ1) is 17.7. The minimum Gasteiger partial charge on any atom is -0.467 e. The number of methoxy groups -OCH3 is 1. The van der Waals surface area contributed by atoms with Gasteiger partial charge in [-0.05, 0) is 63.1 Å². The molecule has 0 saturated carbocycles. The highest BCUT2D eigenvalue weighted by atomic mass is 35.5. The van der Waals surface area contributed by atoms with E-state index in [0.29, 0.717) is 5.95 Å². The Morgan fingerprint density at radius 3 is 2.19 bits per heavy atom. The highest BCUT2D eigenvalue weighted by Gasteiger charge is 2.23. The third-order valence-corrected chi connectivity index (χ3v) is 6.26. The van der Waals surface area contributed by atoms with Gasteiger partial charge in [0.2, 0.25) is 5.95 Å². The number of carbonyl (C=O) groups excluding carboxylic acids is 2. The Kier molecular flexibility index (Phi) is 9.83. The van der Waals surface area contributed by atoms with Crippen LogP contribution in [0.1, 0.15) is 43.1 Å². The zero-order chi connectivity index (χ0) is 26.9. The van der Waals surface area contributed by atoms with Crippen LogP contribution in [-0.2, 0) is 9.53 Å². The number of hydrogen-bond donors (Lipinski definition) is 1. The third-order valence-electron chi connectivity index (χ3n) is 5.63. The van der Waals surface area contributed by atoms with Crippen molar-refractivity contribution in [1.29, 1.82) is 0 Å². The number of amides is 1. The second-order valence-electron chi connectivity index (χ2n) is 8.35. The summed E-state index contributed by atoms with van der Waals surface area (Å²) in [6.45, 7) is 6.10. The standard InChI is InChI=1S/C28H28Cl2N4O3/c1-18(2)19(3)34(28-31-16-7-17-32-28)21-14-12-20(13-15-21)8-5-11-24(27(36)37-4)33-26(35)25-22(29)9-6-10-23(25)30/h5-10,12-17,24H,11H2,1-4H3,(H,33,35). The summed E-state index contributed by atoms with van der Waals surface area (Å²) in [4.78, 5) is 35.8. The fraction of sp³-hybridized carbons (Fsp3) is 0.214. The first kappa shape index (κ1) is 27.9. The van der Waals surface area contributed by atoms with Gasteiger partial charge < -0.3 is 10.1 Å².